The Morgan fingerprint density at radius 3 is 2.69 bits per heavy atom. The van der Waals surface area contributed by atoms with E-state index in [0.717, 1.165) is 11.3 Å². The molecule has 2 aromatic rings. The molecule has 2 aliphatic rings. The van der Waals surface area contributed by atoms with Crippen molar-refractivity contribution in [2.75, 3.05) is 7.11 Å². The molecular weight excluding hydrogens is 324 g/mol. The molecule has 134 valence electrons. The molecule has 1 aromatic carbocycles. The maximum Gasteiger partial charge on any atom is 0.111 e. The van der Waals surface area contributed by atoms with Crippen LogP contribution < -0.4 is 0 Å². The second kappa shape index (κ2) is 6.61. The molecule has 4 rings (SSSR count). The van der Waals surface area contributed by atoms with Crippen LogP contribution in [0.15, 0.2) is 84.7 Å². The van der Waals surface area contributed by atoms with Gasteiger partial charge in [0, 0.05) is 18.0 Å². The van der Waals surface area contributed by atoms with Gasteiger partial charge >= 0.3 is 0 Å². The van der Waals surface area contributed by atoms with Crippen LogP contribution in [-0.2, 0) is 9.47 Å². The zero-order valence-electron chi connectivity index (χ0n) is 15.4. The summed E-state index contributed by atoms with van der Waals surface area (Å²) in [6.07, 6.45) is 14.3. The van der Waals surface area contributed by atoms with Gasteiger partial charge in [0.05, 0.1) is 37.1 Å². The third-order valence-electron chi connectivity index (χ3n) is 5.00. The molecule has 1 aromatic heterocycles. The van der Waals surface area contributed by atoms with Crippen molar-refractivity contribution in [2.45, 2.75) is 31.6 Å². The second-order valence-electron chi connectivity index (χ2n) is 7.28. The van der Waals surface area contributed by atoms with Gasteiger partial charge in [-0.25, -0.2) is 4.98 Å². The van der Waals surface area contributed by atoms with Crippen LogP contribution >= 0.6 is 0 Å². The number of fused-ring (bicyclic) bond motifs is 1. The molecule has 0 spiro atoms. The van der Waals surface area contributed by atoms with Crippen molar-refractivity contribution >= 4 is 0 Å². The highest BCUT2D eigenvalue weighted by atomic mass is 16.5. The fourth-order valence-electron chi connectivity index (χ4n) is 3.83. The number of hydrogen-bond donors (Lipinski definition) is 0. The SMILES string of the molecule is COC1=C(C(c2ccccc2)n2ccnc2)C=CC2OC(C)(C)C=CC12. The summed E-state index contributed by atoms with van der Waals surface area (Å²) in [4.78, 5) is 4.25. The molecule has 1 aliphatic carbocycles. The lowest BCUT2D eigenvalue weighted by molar-refractivity contribution is -0.0493. The summed E-state index contributed by atoms with van der Waals surface area (Å²) in [5.74, 6) is 1.04. The van der Waals surface area contributed by atoms with Crippen LogP contribution in [0.5, 0.6) is 0 Å². The van der Waals surface area contributed by atoms with Gasteiger partial charge in [-0.2, -0.15) is 0 Å². The smallest absolute Gasteiger partial charge is 0.111 e. The second-order valence-corrected chi connectivity index (χ2v) is 7.28. The van der Waals surface area contributed by atoms with E-state index in [4.69, 9.17) is 9.47 Å². The summed E-state index contributed by atoms with van der Waals surface area (Å²) in [6, 6.07) is 10.4. The van der Waals surface area contributed by atoms with Crippen molar-refractivity contribution in [1.29, 1.82) is 0 Å². The van der Waals surface area contributed by atoms with Gasteiger partial charge in [0.25, 0.3) is 0 Å². The summed E-state index contributed by atoms with van der Waals surface area (Å²) in [7, 11) is 1.75. The number of aromatic nitrogens is 2. The Morgan fingerprint density at radius 1 is 1.19 bits per heavy atom. The van der Waals surface area contributed by atoms with Crippen LogP contribution in [0.4, 0.5) is 0 Å². The fraction of sp³-hybridized carbons (Fsp3) is 0.318. The van der Waals surface area contributed by atoms with Crippen molar-refractivity contribution in [2.24, 2.45) is 5.92 Å². The van der Waals surface area contributed by atoms with E-state index in [1.54, 1.807) is 7.11 Å². The number of hydrogen-bond acceptors (Lipinski definition) is 3. The molecule has 2 heterocycles. The molecule has 0 bridgehead atoms. The Balaban J connectivity index is 1.83. The largest absolute Gasteiger partial charge is 0.500 e. The molecule has 3 atom stereocenters. The van der Waals surface area contributed by atoms with Gasteiger partial charge in [-0.15, -0.1) is 0 Å². The molecular formula is C22H24N2O2. The van der Waals surface area contributed by atoms with E-state index < -0.39 is 0 Å². The van der Waals surface area contributed by atoms with Crippen LogP contribution in [0.1, 0.15) is 25.5 Å². The molecule has 26 heavy (non-hydrogen) atoms. The lowest BCUT2D eigenvalue weighted by Crippen LogP contribution is -2.39. The lowest BCUT2D eigenvalue weighted by Gasteiger charge is -2.39. The van der Waals surface area contributed by atoms with Crippen molar-refractivity contribution in [3.63, 3.8) is 0 Å². The van der Waals surface area contributed by atoms with Crippen LogP contribution in [0.3, 0.4) is 0 Å². The van der Waals surface area contributed by atoms with Gasteiger partial charge in [-0.1, -0.05) is 54.6 Å². The van der Waals surface area contributed by atoms with Gasteiger partial charge in [-0.3, -0.25) is 0 Å². The molecule has 1 aliphatic heterocycles. The zero-order valence-corrected chi connectivity index (χ0v) is 15.4. The number of nitrogens with zero attached hydrogens (tertiary/aromatic N) is 2. The quantitative estimate of drug-likeness (QED) is 0.773. The van der Waals surface area contributed by atoms with Gasteiger partial charge < -0.3 is 14.0 Å². The van der Waals surface area contributed by atoms with Crippen LogP contribution in [0.25, 0.3) is 0 Å². The van der Waals surface area contributed by atoms with E-state index >= 15 is 0 Å². The predicted molar refractivity (Wildman–Crippen MR) is 102 cm³/mol. The average Bonchev–Trinajstić information content (AvgIpc) is 3.16. The minimum atomic E-state index is -0.259. The average molecular weight is 348 g/mol. The minimum Gasteiger partial charge on any atom is -0.500 e. The molecule has 0 saturated carbocycles. The number of ether oxygens (including phenoxy) is 2. The van der Waals surface area contributed by atoms with E-state index in [2.05, 4.69) is 72.0 Å². The summed E-state index contributed by atoms with van der Waals surface area (Å²) >= 11 is 0. The summed E-state index contributed by atoms with van der Waals surface area (Å²) < 4.78 is 14.2. The number of allylic oxidation sites excluding steroid dienone is 2. The molecule has 4 heteroatoms. The molecule has 0 radical (unpaired) electrons. The van der Waals surface area contributed by atoms with Crippen molar-refractivity contribution in [1.82, 2.24) is 9.55 Å². The van der Waals surface area contributed by atoms with Gasteiger partial charge in [0.1, 0.15) is 5.76 Å². The Kier molecular flexibility index (Phi) is 4.29. The Bertz CT molecular complexity index is 848. The van der Waals surface area contributed by atoms with E-state index in [9.17, 15) is 0 Å². The standard InChI is InChI=1S/C22H24N2O2/c1-22(2)12-11-17-19(26-22)10-9-18(21(17)25-3)20(24-14-13-23-15-24)16-7-5-4-6-8-16/h4-15,17,19-20H,1-3H3. The van der Waals surface area contributed by atoms with E-state index in [-0.39, 0.29) is 23.7 Å². The highest BCUT2D eigenvalue weighted by Gasteiger charge is 2.37. The predicted octanol–water partition coefficient (Wildman–Crippen LogP) is 4.29. The van der Waals surface area contributed by atoms with Crippen LogP contribution in [-0.4, -0.2) is 28.4 Å². The molecule has 3 unspecified atom stereocenters. The Hall–Kier alpha value is -2.59. The van der Waals surface area contributed by atoms with E-state index in [1.807, 2.05) is 24.8 Å². The number of rotatable bonds is 4. The number of benzene rings is 1. The van der Waals surface area contributed by atoms with Gasteiger partial charge in [-0.05, 0) is 19.4 Å². The third kappa shape index (κ3) is 3.01. The summed E-state index contributed by atoms with van der Waals surface area (Å²) in [5.41, 5.74) is 2.07. The topological polar surface area (TPSA) is 36.3 Å². The highest BCUT2D eigenvalue weighted by molar-refractivity contribution is 5.43. The van der Waals surface area contributed by atoms with Crippen molar-refractivity contribution in [3.05, 3.63) is 90.3 Å². The zero-order chi connectivity index (χ0) is 18.1. The highest BCUT2D eigenvalue weighted by Crippen LogP contribution is 2.40. The summed E-state index contributed by atoms with van der Waals surface area (Å²) in [6.45, 7) is 4.16. The maximum absolute atomic E-state index is 6.23. The molecule has 0 N–H and O–H groups in total. The van der Waals surface area contributed by atoms with Crippen molar-refractivity contribution < 1.29 is 9.47 Å². The molecule has 4 nitrogen and oxygen atoms in total. The van der Waals surface area contributed by atoms with Crippen LogP contribution in [0, 0.1) is 5.92 Å². The summed E-state index contributed by atoms with van der Waals surface area (Å²) in [5, 5.41) is 0. The minimum absolute atomic E-state index is 0.00656. The van der Waals surface area contributed by atoms with E-state index in [0.29, 0.717) is 0 Å². The van der Waals surface area contributed by atoms with Gasteiger partial charge in [0.15, 0.2) is 0 Å². The first-order valence-electron chi connectivity index (χ1n) is 8.95. The monoisotopic (exact) mass is 348 g/mol. The maximum atomic E-state index is 6.23. The Labute approximate surface area is 154 Å². The number of imidazole rings is 1. The Morgan fingerprint density at radius 2 is 2.00 bits per heavy atom. The molecule has 0 saturated heterocycles. The van der Waals surface area contributed by atoms with Gasteiger partial charge in [0.2, 0.25) is 0 Å². The van der Waals surface area contributed by atoms with Crippen molar-refractivity contribution in [3.8, 4) is 0 Å². The fourth-order valence-corrected chi connectivity index (χ4v) is 3.83. The van der Waals surface area contributed by atoms with E-state index in [1.165, 1.54) is 5.56 Å². The first kappa shape index (κ1) is 16.9. The third-order valence-corrected chi connectivity index (χ3v) is 5.00. The first-order chi connectivity index (χ1) is 12.6. The first-order valence-corrected chi connectivity index (χ1v) is 8.95. The van der Waals surface area contributed by atoms with Crippen LogP contribution in [0.2, 0.25) is 0 Å². The number of methoxy groups -OCH3 is 1. The normalized spacial score (nSPS) is 25.0. The molecule has 0 amide bonds. The lowest BCUT2D eigenvalue weighted by atomic mass is 9.83. The molecule has 0 fully saturated rings.